The van der Waals surface area contributed by atoms with E-state index in [9.17, 15) is 14.4 Å². The topological polar surface area (TPSA) is 60.4 Å². The summed E-state index contributed by atoms with van der Waals surface area (Å²) >= 11 is 1.65. The van der Waals surface area contributed by atoms with Gasteiger partial charge < -0.3 is 4.74 Å². The van der Waals surface area contributed by atoms with Crippen molar-refractivity contribution in [2.24, 2.45) is 0 Å². The van der Waals surface area contributed by atoms with Crippen molar-refractivity contribution in [3.63, 3.8) is 0 Å². The van der Waals surface area contributed by atoms with Crippen molar-refractivity contribution in [2.45, 2.75) is 175 Å². The molecule has 5 heteroatoms. The van der Waals surface area contributed by atoms with Crippen LogP contribution >= 0.6 is 11.8 Å². The van der Waals surface area contributed by atoms with Crippen LogP contribution in [0.4, 0.5) is 0 Å². The third-order valence-corrected chi connectivity index (χ3v) is 8.09. The minimum Gasteiger partial charge on any atom is -0.461 e. The first-order valence-corrected chi connectivity index (χ1v) is 16.9. The Morgan fingerprint density at radius 1 is 0.595 bits per heavy atom. The summed E-state index contributed by atoms with van der Waals surface area (Å²) < 4.78 is 5.78. The molecule has 0 heterocycles. The third-order valence-electron chi connectivity index (χ3n) is 6.99. The molecule has 0 aromatic carbocycles. The van der Waals surface area contributed by atoms with E-state index in [1.807, 2.05) is 0 Å². The van der Waals surface area contributed by atoms with E-state index < -0.39 is 0 Å². The second-order valence-corrected chi connectivity index (χ2v) is 12.0. The summed E-state index contributed by atoms with van der Waals surface area (Å²) in [5, 5.41) is 0. The van der Waals surface area contributed by atoms with E-state index in [2.05, 4.69) is 13.8 Å². The molecule has 0 amide bonds. The highest BCUT2D eigenvalue weighted by Crippen LogP contribution is 2.17. The minimum atomic E-state index is -0.227. The summed E-state index contributed by atoms with van der Waals surface area (Å²) in [7, 11) is 0. The number of rotatable bonds is 29. The molecule has 0 aliphatic rings. The molecule has 0 bridgehead atoms. The van der Waals surface area contributed by atoms with Crippen molar-refractivity contribution in [1.82, 2.24) is 0 Å². The number of thioether (sulfide) groups is 1. The largest absolute Gasteiger partial charge is 0.461 e. The van der Waals surface area contributed by atoms with E-state index in [1.165, 1.54) is 89.9 Å². The van der Waals surface area contributed by atoms with Gasteiger partial charge in [0, 0.05) is 37.2 Å². The molecule has 1 atom stereocenters. The molecule has 0 aliphatic carbocycles. The average molecular weight is 541 g/mol. The smallest absolute Gasteiger partial charge is 0.306 e. The van der Waals surface area contributed by atoms with Crippen molar-refractivity contribution < 1.29 is 19.1 Å². The average Bonchev–Trinajstić information content (AvgIpc) is 2.87. The van der Waals surface area contributed by atoms with E-state index in [0.29, 0.717) is 37.9 Å². The molecule has 4 nitrogen and oxygen atoms in total. The molecule has 0 N–H and O–H groups in total. The van der Waals surface area contributed by atoms with Crippen molar-refractivity contribution in [1.29, 1.82) is 0 Å². The van der Waals surface area contributed by atoms with Crippen LogP contribution in [-0.4, -0.2) is 35.1 Å². The van der Waals surface area contributed by atoms with E-state index in [1.54, 1.807) is 18.7 Å². The van der Waals surface area contributed by atoms with Gasteiger partial charge in [0.1, 0.15) is 17.7 Å². The van der Waals surface area contributed by atoms with Crippen LogP contribution in [0.25, 0.3) is 0 Å². The minimum absolute atomic E-state index is 0.133. The van der Waals surface area contributed by atoms with Gasteiger partial charge in [0.05, 0.1) is 0 Å². The maximum absolute atomic E-state index is 12.4. The summed E-state index contributed by atoms with van der Waals surface area (Å²) in [6.45, 7) is 6.09. The molecule has 0 saturated heterocycles. The van der Waals surface area contributed by atoms with Gasteiger partial charge in [-0.25, -0.2) is 0 Å². The highest BCUT2D eigenvalue weighted by molar-refractivity contribution is 7.99. The molecule has 0 fully saturated rings. The molecule has 0 rings (SSSR count). The molecule has 0 spiro atoms. The Balaban J connectivity index is 4.09. The number of ether oxygens (including phenoxy) is 1. The molecular formula is C32H60O4S. The van der Waals surface area contributed by atoms with E-state index in [4.69, 9.17) is 4.74 Å². The summed E-state index contributed by atoms with van der Waals surface area (Å²) in [6.07, 6.45) is 24.8. The predicted octanol–water partition coefficient (Wildman–Crippen LogP) is 9.80. The highest BCUT2D eigenvalue weighted by atomic mass is 32.2. The third kappa shape index (κ3) is 28.0. The molecular weight excluding hydrogens is 480 g/mol. The fraction of sp³-hybridized carbons (Fsp3) is 0.906. The van der Waals surface area contributed by atoms with Gasteiger partial charge in [0.2, 0.25) is 0 Å². The van der Waals surface area contributed by atoms with E-state index in [0.717, 1.165) is 31.4 Å². The first kappa shape index (κ1) is 36.2. The van der Waals surface area contributed by atoms with Gasteiger partial charge in [-0.05, 0) is 26.2 Å². The Hall–Kier alpha value is -0.840. The Morgan fingerprint density at radius 3 is 1.54 bits per heavy atom. The van der Waals surface area contributed by atoms with Gasteiger partial charge in [0.25, 0.3) is 0 Å². The Bertz CT molecular complexity index is 549. The van der Waals surface area contributed by atoms with Crippen molar-refractivity contribution in [3.05, 3.63) is 0 Å². The Kier molecular flexibility index (Phi) is 27.5. The van der Waals surface area contributed by atoms with Crippen LogP contribution in [0.2, 0.25) is 0 Å². The summed E-state index contributed by atoms with van der Waals surface area (Å²) in [6, 6.07) is 0. The number of esters is 1. The van der Waals surface area contributed by atoms with Crippen LogP contribution in [0.1, 0.15) is 168 Å². The van der Waals surface area contributed by atoms with Crippen molar-refractivity contribution in [3.8, 4) is 0 Å². The lowest BCUT2D eigenvalue weighted by atomic mass is 10.0. The van der Waals surface area contributed by atoms with Crippen LogP contribution in [0.5, 0.6) is 0 Å². The summed E-state index contributed by atoms with van der Waals surface area (Å²) in [5.41, 5.74) is 0. The lowest BCUT2D eigenvalue weighted by Gasteiger charge is -2.17. The summed E-state index contributed by atoms with van der Waals surface area (Å²) in [5.74, 6) is 1.75. The van der Waals surface area contributed by atoms with Gasteiger partial charge in [-0.1, -0.05) is 117 Å². The summed E-state index contributed by atoms with van der Waals surface area (Å²) in [4.78, 5) is 36.1. The normalized spacial score (nSPS) is 12.0. The molecule has 0 radical (unpaired) electrons. The van der Waals surface area contributed by atoms with Gasteiger partial charge in [-0.2, -0.15) is 11.8 Å². The molecule has 1 unspecified atom stereocenters. The Morgan fingerprint density at radius 2 is 1.05 bits per heavy atom. The molecule has 218 valence electrons. The van der Waals surface area contributed by atoms with Gasteiger partial charge in [-0.15, -0.1) is 0 Å². The van der Waals surface area contributed by atoms with Crippen molar-refractivity contribution >= 4 is 29.3 Å². The number of unbranched alkanes of at least 4 members (excludes halogenated alkanes) is 16. The van der Waals surface area contributed by atoms with Crippen molar-refractivity contribution in [2.75, 3.05) is 11.5 Å². The maximum Gasteiger partial charge on any atom is 0.306 e. The molecule has 37 heavy (non-hydrogen) atoms. The predicted molar refractivity (Wildman–Crippen MR) is 160 cm³/mol. The highest BCUT2D eigenvalue weighted by Gasteiger charge is 2.16. The van der Waals surface area contributed by atoms with Crippen LogP contribution < -0.4 is 0 Å². The zero-order valence-corrected chi connectivity index (χ0v) is 25.6. The molecule has 0 aromatic heterocycles. The first-order chi connectivity index (χ1) is 18.0. The van der Waals surface area contributed by atoms with Crippen LogP contribution in [0.15, 0.2) is 0 Å². The zero-order valence-electron chi connectivity index (χ0n) is 24.8. The fourth-order valence-corrected chi connectivity index (χ4v) is 5.61. The number of hydrogen-bond donors (Lipinski definition) is 0. The van der Waals surface area contributed by atoms with Gasteiger partial charge in [0.15, 0.2) is 0 Å². The lowest BCUT2D eigenvalue weighted by molar-refractivity contribution is -0.148. The van der Waals surface area contributed by atoms with Gasteiger partial charge >= 0.3 is 5.97 Å². The van der Waals surface area contributed by atoms with E-state index in [-0.39, 0.29) is 23.6 Å². The SMILES string of the molecule is CCCCCCCCCCCC(=O)CCC(CSCCC(C)=O)OC(=O)CCCCCCCCCCC. The second-order valence-electron chi connectivity index (χ2n) is 10.9. The molecule has 0 aromatic rings. The number of Topliss-reactive ketones (excluding diaryl/α,β-unsaturated/α-hetero) is 2. The number of carbonyl (C=O) groups is 3. The number of ketones is 2. The fourth-order valence-electron chi connectivity index (χ4n) is 4.51. The number of carbonyl (C=O) groups excluding carboxylic acids is 3. The lowest BCUT2D eigenvalue weighted by Crippen LogP contribution is -2.22. The first-order valence-electron chi connectivity index (χ1n) is 15.8. The molecule has 0 aliphatic heterocycles. The van der Waals surface area contributed by atoms with Crippen LogP contribution in [-0.2, 0) is 19.1 Å². The quantitative estimate of drug-likeness (QED) is 0.0698. The molecule has 0 saturated carbocycles. The number of hydrogen-bond acceptors (Lipinski definition) is 5. The standard InChI is InChI=1S/C32H60O4S/c1-4-6-8-10-12-14-16-18-20-22-30(34)24-25-31(28-37-27-26-29(3)33)36-32(35)23-21-19-17-15-13-11-9-7-5-2/h31H,4-28H2,1-3H3. The zero-order chi connectivity index (χ0) is 27.4. The van der Waals surface area contributed by atoms with E-state index >= 15 is 0 Å². The maximum atomic E-state index is 12.4. The second kappa shape index (κ2) is 28.2. The van der Waals surface area contributed by atoms with Crippen LogP contribution in [0, 0.1) is 0 Å². The monoisotopic (exact) mass is 540 g/mol. The van der Waals surface area contributed by atoms with Crippen LogP contribution in [0.3, 0.4) is 0 Å². The van der Waals surface area contributed by atoms with Gasteiger partial charge in [-0.3, -0.25) is 14.4 Å². The Labute approximate surface area is 234 Å².